The van der Waals surface area contributed by atoms with Crippen molar-refractivity contribution in [3.8, 4) is 0 Å². The van der Waals surface area contributed by atoms with Gasteiger partial charge in [0.2, 0.25) is 0 Å². The number of carbonyl (C=O) groups excluding carboxylic acids is 1. The number of anilines is 1. The van der Waals surface area contributed by atoms with E-state index in [1.807, 2.05) is 6.07 Å². The van der Waals surface area contributed by atoms with Crippen molar-refractivity contribution in [3.05, 3.63) is 62.2 Å². The monoisotopic (exact) mass is 401 g/mol. The maximum Gasteiger partial charge on any atom is 0.257 e. The van der Waals surface area contributed by atoms with Crippen LogP contribution < -0.4 is 5.32 Å². The van der Waals surface area contributed by atoms with E-state index < -0.39 is 6.10 Å². The Morgan fingerprint density at radius 1 is 1.30 bits per heavy atom. The van der Waals surface area contributed by atoms with Crippen molar-refractivity contribution < 1.29 is 9.90 Å². The number of benzene rings is 2. The van der Waals surface area contributed by atoms with Gasteiger partial charge in [0.1, 0.15) is 0 Å². The lowest BCUT2D eigenvalue weighted by Gasteiger charge is -2.10. The van der Waals surface area contributed by atoms with E-state index in [0.717, 1.165) is 9.13 Å². The molecule has 2 N–H and O–H groups in total. The van der Waals surface area contributed by atoms with E-state index in [0.29, 0.717) is 16.3 Å². The highest BCUT2D eigenvalue weighted by atomic mass is 127. The molecular weight excluding hydrogens is 389 g/mol. The number of rotatable bonds is 3. The lowest BCUT2D eigenvalue weighted by atomic mass is 10.1. The molecule has 2 rings (SSSR count). The Morgan fingerprint density at radius 3 is 2.75 bits per heavy atom. The number of hydrogen-bond acceptors (Lipinski definition) is 2. The first-order chi connectivity index (χ1) is 9.47. The number of nitrogens with one attached hydrogen (secondary N) is 1. The standard InChI is InChI=1S/C15H13ClINO2/c1-9(19)10-3-2-4-12(7-10)18-15(20)13-8-11(17)5-6-14(13)16/h2-9,19H,1H3,(H,18,20)/t9-/m1/s1. The van der Waals surface area contributed by atoms with Crippen LogP contribution in [0.15, 0.2) is 42.5 Å². The Hall–Kier alpha value is -1.11. The second kappa shape index (κ2) is 6.56. The summed E-state index contributed by atoms with van der Waals surface area (Å²) in [6, 6.07) is 12.4. The van der Waals surface area contributed by atoms with Crippen LogP contribution >= 0.6 is 34.2 Å². The maximum atomic E-state index is 12.2. The molecule has 20 heavy (non-hydrogen) atoms. The number of hydrogen-bond donors (Lipinski definition) is 2. The van der Waals surface area contributed by atoms with Crippen LogP contribution in [-0.4, -0.2) is 11.0 Å². The molecule has 5 heteroatoms. The van der Waals surface area contributed by atoms with Crippen LogP contribution in [0.25, 0.3) is 0 Å². The fourth-order valence-electron chi connectivity index (χ4n) is 1.75. The van der Waals surface area contributed by atoms with Crippen molar-refractivity contribution in [2.24, 2.45) is 0 Å². The number of carbonyl (C=O) groups is 1. The zero-order valence-electron chi connectivity index (χ0n) is 10.7. The van der Waals surface area contributed by atoms with E-state index in [2.05, 4.69) is 27.9 Å². The molecule has 0 aliphatic heterocycles. The Bertz CT molecular complexity index is 644. The Labute approximate surface area is 136 Å². The lowest BCUT2D eigenvalue weighted by molar-refractivity contribution is 0.102. The molecule has 0 spiro atoms. The highest BCUT2D eigenvalue weighted by molar-refractivity contribution is 14.1. The Balaban J connectivity index is 2.23. The first-order valence-electron chi connectivity index (χ1n) is 6.02. The summed E-state index contributed by atoms with van der Waals surface area (Å²) in [5.74, 6) is -0.267. The summed E-state index contributed by atoms with van der Waals surface area (Å²) in [5, 5.41) is 12.7. The smallest absolute Gasteiger partial charge is 0.257 e. The molecule has 0 aliphatic carbocycles. The molecule has 0 aliphatic rings. The fraction of sp³-hybridized carbons (Fsp3) is 0.133. The van der Waals surface area contributed by atoms with Crippen LogP contribution in [0.1, 0.15) is 28.9 Å². The molecule has 0 aromatic heterocycles. The molecule has 2 aromatic rings. The quantitative estimate of drug-likeness (QED) is 0.756. The fourth-order valence-corrected chi connectivity index (χ4v) is 2.44. The third-order valence-corrected chi connectivity index (χ3v) is 3.80. The minimum Gasteiger partial charge on any atom is -0.389 e. The van der Waals surface area contributed by atoms with Crippen molar-refractivity contribution in [2.75, 3.05) is 5.32 Å². The van der Waals surface area contributed by atoms with Gasteiger partial charge < -0.3 is 10.4 Å². The van der Waals surface area contributed by atoms with E-state index in [9.17, 15) is 9.90 Å². The molecule has 1 atom stereocenters. The largest absolute Gasteiger partial charge is 0.389 e. The van der Waals surface area contributed by atoms with E-state index in [4.69, 9.17) is 11.6 Å². The summed E-state index contributed by atoms with van der Waals surface area (Å²) in [7, 11) is 0. The molecule has 104 valence electrons. The summed E-state index contributed by atoms with van der Waals surface area (Å²) in [5.41, 5.74) is 1.81. The van der Waals surface area contributed by atoms with E-state index in [1.165, 1.54) is 0 Å². The zero-order chi connectivity index (χ0) is 14.7. The third kappa shape index (κ3) is 3.71. The van der Waals surface area contributed by atoms with Gasteiger partial charge in [-0.3, -0.25) is 4.79 Å². The number of aliphatic hydroxyl groups is 1. The van der Waals surface area contributed by atoms with Crippen LogP contribution in [0.2, 0.25) is 5.02 Å². The van der Waals surface area contributed by atoms with E-state index in [-0.39, 0.29) is 5.91 Å². The predicted molar refractivity (Wildman–Crippen MR) is 89.2 cm³/mol. The molecule has 0 saturated heterocycles. The van der Waals surface area contributed by atoms with Gasteiger partial charge in [-0.2, -0.15) is 0 Å². The van der Waals surface area contributed by atoms with Crippen LogP contribution in [-0.2, 0) is 0 Å². The summed E-state index contributed by atoms with van der Waals surface area (Å²) in [4.78, 5) is 12.2. The molecule has 0 saturated carbocycles. The summed E-state index contributed by atoms with van der Waals surface area (Å²) in [6.45, 7) is 1.68. The minimum atomic E-state index is -0.576. The highest BCUT2D eigenvalue weighted by Gasteiger charge is 2.11. The molecule has 1 amide bonds. The van der Waals surface area contributed by atoms with Gasteiger partial charge in [0.05, 0.1) is 16.7 Å². The van der Waals surface area contributed by atoms with Gasteiger partial charge in [-0.25, -0.2) is 0 Å². The van der Waals surface area contributed by atoms with Gasteiger partial charge in [-0.1, -0.05) is 23.7 Å². The van der Waals surface area contributed by atoms with Crippen molar-refractivity contribution in [1.29, 1.82) is 0 Å². The highest BCUT2D eigenvalue weighted by Crippen LogP contribution is 2.22. The summed E-state index contributed by atoms with van der Waals surface area (Å²) < 4.78 is 0.940. The second-order valence-corrected chi connectivity index (χ2v) is 6.03. The number of aliphatic hydroxyl groups excluding tert-OH is 1. The Morgan fingerprint density at radius 2 is 2.05 bits per heavy atom. The van der Waals surface area contributed by atoms with Gasteiger partial charge in [0.25, 0.3) is 5.91 Å². The normalized spacial score (nSPS) is 12.0. The summed E-state index contributed by atoms with van der Waals surface area (Å²) in [6.07, 6.45) is -0.576. The van der Waals surface area contributed by atoms with Gasteiger partial charge >= 0.3 is 0 Å². The first kappa shape index (κ1) is 15.3. The molecule has 0 bridgehead atoms. The van der Waals surface area contributed by atoms with Crippen molar-refractivity contribution in [1.82, 2.24) is 0 Å². The molecule has 0 unspecified atom stereocenters. The summed E-state index contributed by atoms with van der Waals surface area (Å²) >= 11 is 8.16. The second-order valence-electron chi connectivity index (χ2n) is 4.38. The molecule has 0 heterocycles. The first-order valence-corrected chi connectivity index (χ1v) is 7.47. The zero-order valence-corrected chi connectivity index (χ0v) is 13.6. The average molecular weight is 402 g/mol. The molecule has 3 nitrogen and oxygen atoms in total. The maximum absolute atomic E-state index is 12.2. The number of halogens is 2. The van der Waals surface area contributed by atoms with Crippen LogP contribution in [0.3, 0.4) is 0 Å². The van der Waals surface area contributed by atoms with Gasteiger partial charge in [-0.15, -0.1) is 0 Å². The van der Waals surface area contributed by atoms with Crippen molar-refractivity contribution in [3.63, 3.8) is 0 Å². The minimum absolute atomic E-state index is 0.267. The third-order valence-electron chi connectivity index (χ3n) is 2.80. The van der Waals surface area contributed by atoms with Gasteiger partial charge in [-0.05, 0) is 65.4 Å². The Kier molecular flexibility index (Phi) is 5.01. The van der Waals surface area contributed by atoms with E-state index >= 15 is 0 Å². The molecule has 2 aromatic carbocycles. The van der Waals surface area contributed by atoms with Crippen molar-refractivity contribution >= 4 is 45.8 Å². The SMILES string of the molecule is C[C@@H](O)c1cccc(NC(=O)c2cc(I)ccc2Cl)c1. The lowest BCUT2D eigenvalue weighted by Crippen LogP contribution is -2.13. The molecular formula is C15H13ClINO2. The van der Waals surface area contributed by atoms with Crippen LogP contribution in [0, 0.1) is 3.57 Å². The van der Waals surface area contributed by atoms with Crippen LogP contribution in [0.5, 0.6) is 0 Å². The predicted octanol–water partition coefficient (Wildman–Crippen LogP) is 4.25. The van der Waals surface area contributed by atoms with Crippen LogP contribution in [0.4, 0.5) is 5.69 Å². The average Bonchev–Trinajstić information content (AvgIpc) is 2.41. The van der Waals surface area contributed by atoms with E-state index in [1.54, 1.807) is 43.3 Å². The number of amides is 1. The van der Waals surface area contributed by atoms with Gasteiger partial charge in [0, 0.05) is 9.26 Å². The molecule has 0 fully saturated rings. The topological polar surface area (TPSA) is 49.3 Å². The molecule has 0 radical (unpaired) electrons. The van der Waals surface area contributed by atoms with Crippen molar-refractivity contribution in [2.45, 2.75) is 13.0 Å². The van der Waals surface area contributed by atoms with Gasteiger partial charge in [0.15, 0.2) is 0 Å².